The van der Waals surface area contributed by atoms with Crippen LogP contribution in [0.1, 0.15) is 32.3 Å². The van der Waals surface area contributed by atoms with Crippen molar-refractivity contribution in [3.05, 3.63) is 59.2 Å². The van der Waals surface area contributed by atoms with E-state index in [2.05, 4.69) is 63.3 Å². The van der Waals surface area contributed by atoms with Crippen LogP contribution in [0.25, 0.3) is 0 Å². The topological polar surface area (TPSA) is 85.9 Å². The van der Waals surface area contributed by atoms with E-state index in [1.807, 2.05) is 30.3 Å². The third-order valence-electron chi connectivity index (χ3n) is 9.22. The Hall–Kier alpha value is -2.84. The Bertz CT molecular complexity index is 1510. The molecule has 0 atom stereocenters. The fourth-order valence-corrected chi connectivity index (χ4v) is 11.4. The van der Waals surface area contributed by atoms with E-state index in [0.717, 1.165) is 66.9 Å². The minimum absolute atomic E-state index is 0.162. The summed E-state index contributed by atoms with van der Waals surface area (Å²) in [6, 6.07) is 14.9. The van der Waals surface area contributed by atoms with E-state index in [0.29, 0.717) is 29.0 Å². The molecule has 0 amide bonds. The summed E-state index contributed by atoms with van der Waals surface area (Å²) in [5.41, 5.74) is 3.98. The second kappa shape index (κ2) is 12.9. The average Bonchev–Trinajstić information content (AvgIpc) is 2.99. The van der Waals surface area contributed by atoms with Gasteiger partial charge in [-0.05, 0) is 49.1 Å². The van der Waals surface area contributed by atoms with Crippen molar-refractivity contribution in [2.75, 3.05) is 81.3 Å². The lowest BCUT2D eigenvalue weighted by atomic mass is 9.99. The molecule has 2 N–H and O–H groups in total. The van der Waals surface area contributed by atoms with E-state index in [9.17, 15) is 4.57 Å². The fraction of sp³-hybridized carbons (Fsp3) is 0.515. The van der Waals surface area contributed by atoms with Gasteiger partial charge in [-0.3, -0.25) is 4.90 Å². The monoisotopic (exact) mass is 637 g/mol. The Kier molecular flexibility index (Phi) is 9.12. The number of ether oxygens (including phenoxy) is 1. The van der Waals surface area contributed by atoms with Crippen LogP contribution in [0.15, 0.2) is 48.7 Å². The Balaban J connectivity index is 1.12. The number of piperidine rings is 1. The summed E-state index contributed by atoms with van der Waals surface area (Å²) in [7, 11) is 1.69. The predicted molar refractivity (Wildman–Crippen MR) is 182 cm³/mol. The molecule has 3 saturated heterocycles. The molecule has 0 bridgehead atoms. The van der Waals surface area contributed by atoms with Crippen LogP contribution in [0.2, 0.25) is 5.02 Å². The van der Waals surface area contributed by atoms with Crippen LogP contribution in [-0.4, -0.2) is 91.6 Å². The lowest BCUT2D eigenvalue weighted by molar-refractivity contribution is 0.0982. The van der Waals surface area contributed by atoms with Gasteiger partial charge in [0.1, 0.15) is 10.8 Å². The largest absolute Gasteiger partial charge is 0.494 e. The van der Waals surface area contributed by atoms with E-state index in [-0.39, 0.29) is 5.41 Å². The van der Waals surface area contributed by atoms with Crippen LogP contribution in [0.5, 0.6) is 5.75 Å². The molecule has 0 radical (unpaired) electrons. The van der Waals surface area contributed by atoms with E-state index in [4.69, 9.17) is 21.3 Å². The normalized spacial score (nSPS) is 20.6. The third-order valence-corrected chi connectivity index (χ3v) is 13.3. The van der Waals surface area contributed by atoms with Crippen LogP contribution >= 0.6 is 18.7 Å². The van der Waals surface area contributed by atoms with Gasteiger partial charge in [-0.25, -0.2) is 4.98 Å². The molecule has 44 heavy (non-hydrogen) atoms. The Morgan fingerprint density at radius 1 is 1.00 bits per heavy atom. The molecule has 2 aromatic carbocycles. The van der Waals surface area contributed by atoms with Gasteiger partial charge in [-0.1, -0.05) is 43.6 Å². The number of para-hydroxylation sites is 1. The summed E-state index contributed by atoms with van der Waals surface area (Å²) in [6.07, 6.45) is 6.09. The lowest BCUT2D eigenvalue weighted by Gasteiger charge is -2.42. The Morgan fingerprint density at radius 3 is 2.43 bits per heavy atom. The quantitative estimate of drug-likeness (QED) is 0.248. The Labute approximate surface area is 266 Å². The van der Waals surface area contributed by atoms with Gasteiger partial charge in [0.2, 0.25) is 5.95 Å². The van der Waals surface area contributed by atoms with Crippen LogP contribution < -0.4 is 20.3 Å². The summed E-state index contributed by atoms with van der Waals surface area (Å²) in [6.45, 7) is 11.1. The lowest BCUT2D eigenvalue weighted by Crippen LogP contribution is -2.52. The van der Waals surface area contributed by atoms with Crippen molar-refractivity contribution in [2.24, 2.45) is 5.41 Å². The highest BCUT2D eigenvalue weighted by Gasteiger charge is 2.45. The molecule has 1 aromatic heterocycles. The van der Waals surface area contributed by atoms with Crippen molar-refractivity contribution in [1.29, 1.82) is 0 Å². The molecule has 3 aliphatic heterocycles. The maximum Gasteiger partial charge on any atom is 0.229 e. The summed E-state index contributed by atoms with van der Waals surface area (Å²) >= 11 is 6.54. The van der Waals surface area contributed by atoms with E-state index >= 15 is 0 Å². The van der Waals surface area contributed by atoms with E-state index < -0.39 is 7.14 Å². The van der Waals surface area contributed by atoms with Gasteiger partial charge in [-0.2, -0.15) is 4.98 Å². The highest BCUT2D eigenvalue weighted by molar-refractivity contribution is 7.64. The van der Waals surface area contributed by atoms with Gasteiger partial charge < -0.3 is 29.7 Å². The molecule has 9 nitrogen and oxygen atoms in total. The number of benzene rings is 2. The molecule has 0 saturated carbocycles. The molecule has 3 aliphatic rings. The first-order chi connectivity index (χ1) is 21.1. The Morgan fingerprint density at radius 2 is 1.73 bits per heavy atom. The minimum Gasteiger partial charge on any atom is -0.494 e. The second-order valence-electron chi connectivity index (χ2n) is 13.4. The molecule has 4 heterocycles. The molecular weight excluding hydrogens is 593 g/mol. The number of anilines is 5. The molecule has 6 rings (SSSR count). The number of hydrogen-bond donors (Lipinski definition) is 2. The number of rotatable bonds is 9. The first kappa shape index (κ1) is 31.2. The molecule has 3 fully saturated rings. The number of aromatic nitrogens is 2. The molecule has 11 heteroatoms. The second-order valence-corrected chi connectivity index (χ2v) is 16.9. The maximum atomic E-state index is 13.4. The number of methoxy groups -OCH3 is 1. The summed E-state index contributed by atoms with van der Waals surface area (Å²) in [4.78, 5) is 16.7. The zero-order valence-electron chi connectivity index (χ0n) is 26.4. The fourth-order valence-electron chi connectivity index (χ4n) is 7.14. The third kappa shape index (κ3) is 7.17. The standard InChI is InChI=1S/C33H45ClN7O2P/c1-33(2)22-44(42,23-33)21-24-7-5-6-8-28(24)36-31-27(34)20-35-32(38-31)37-29-10-9-26(19-30(29)43-4)40-13-11-25(12-14-40)41-17-15-39(3)16-18-41/h5-10,19-20,25H,11-18,21-23H2,1-4H3,(H2,35,36,37,38). The van der Waals surface area contributed by atoms with Gasteiger partial charge in [-0.15, -0.1) is 0 Å². The summed E-state index contributed by atoms with van der Waals surface area (Å²) in [5.74, 6) is 1.62. The highest BCUT2D eigenvalue weighted by Crippen LogP contribution is 2.65. The zero-order valence-corrected chi connectivity index (χ0v) is 28.0. The van der Waals surface area contributed by atoms with Crippen LogP contribution in [0.4, 0.5) is 28.8 Å². The first-order valence-electron chi connectivity index (χ1n) is 15.7. The van der Waals surface area contributed by atoms with Crippen LogP contribution in [0, 0.1) is 5.41 Å². The average molecular weight is 638 g/mol. The number of nitrogens with zero attached hydrogens (tertiary/aromatic N) is 5. The SMILES string of the molecule is COc1cc(N2CCC(N3CCN(C)CC3)CC2)ccc1Nc1ncc(Cl)c(Nc2ccccc2CP2(=O)CC(C)(C)C2)n1. The number of hydrogen-bond acceptors (Lipinski definition) is 9. The number of nitrogens with one attached hydrogen (secondary N) is 2. The molecular formula is C33H45ClN7O2P. The zero-order chi connectivity index (χ0) is 30.9. The molecule has 0 unspecified atom stereocenters. The summed E-state index contributed by atoms with van der Waals surface area (Å²) in [5, 5.41) is 7.11. The van der Waals surface area contributed by atoms with E-state index in [1.165, 1.54) is 25.9 Å². The van der Waals surface area contributed by atoms with Crippen LogP contribution in [-0.2, 0) is 10.7 Å². The van der Waals surface area contributed by atoms with E-state index in [1.54, 1.807) is 13.3 Å². The van der Waals surface area contributed by atoms with Crippen LogP contribution in [0.3, 0.4) is 0 Å². The van der Waals surface area contributed by atoms with Crippen molar-refractivity contribution in [3.63, 3.8) is 0 Å². The highest BCUT2D eigenvalue weighted by atomic mass is 35.5. The maximum absolute atomic E-state index is 13.4. The van der Waals surface area contributed by atoms with Crippen molar-refractivity contribution < 1.29 is 9.30 Å². The van der Waals surface area contributed by atoms with Gasteiger partial charge in [0.15, 0.2) is 5.82 Å². The van der Waals surface area contributed by atoms with Crippen molar-refractivity contribution in [3.8, 4) is 5.75 Å². The number of halogens is 1. The van der Waals surface area contributed by atoms with Gasteiger partial charge in [0.05, 0.1) is 26.1 Å². The molecule has 236 valence electrons. The molecule has 3 aromatic rings. The summed E-state index contributed by atoms with van der Waals surface area (Å²) < 4.78 is 19.1. The van der Waals surface area contributed by atoms with Gasteiger partial charge in [0.25, 0.3) is 0 Å². The molecule has 0 spiro atoms. The minimum atomic E-state index is -2.21. The van der Waals surface area contributed by atoms with Gasteiger partial charge >= 0.3 is 0 Å². The van der Waals surface area contributed by atoms with Crippen molar-refractivity contribution >= 4 is 47.6 Å². The van der Waals surface area contributed by atoms with Crippen molar-refractivity contribution in [2.45, 2.75) is 38.9 Å². The predicted octanol–water partition coefficient (Wildman–Crippen LogP) is 6.74. The number of piperazine rings is 1. The number of likely N-dealkylation sites (N-methyl/N-ethyl adjacent to an activating group) is 1. The van der Waals surface area contributed by atoms with Crippen molar-refractivity contribution in [1.82, 2.24) is 19.8 Å². The first-order valence-corrected chi connectivity index (χ1v) is 18.3. The smallest absolute Gasteiger partial charge is 0.229 e. The van der Waals surface area contributed by atoms with Gasteiger partial charge in [0, 0.05) is 81.2 Å². The molecule has 0 aliphatic carbocycles.